The van der Waals surface area contributed by atoms with Gasteiger partial charge in [0, 0.05) is 13.2 Å². The van der Waals surface area contributed by atoms with Crippen LogP contribution in [0.4, 0.5) is 0 Å². The second kappa shape index (κ2) is 6.77. The summed E-state index contributed by atoms with van der Waals surface area (Å²) in [5.41, 5.74) is 1.32. The Hall–Kier alpha value is -0.860. The second-order valence-electron chi connectivity index (χ2n) is 5.05. The molecule has 1 aliphatic carbocycles. The van der Waals surface area contributed by atoms with Crippen LogP contribution in [0.15, 0.2) is 30.3 Å². The standard InChI is InChI=1S/C8H15NO.C7H8/c1-2-7(1)6-10-8-3-4-9-5-8;1-7-5-3-2-4-6-7/h7-9H,1-6H2;2-6H,1H3. The lowest BCUT2D eigenvalue weighted by Crippen LogP contribution is -2.17. The number of ether oxygens (including phenoxy) is 1. The molecular formula is C15H23NO. The van der Waals surface area contributed by atoms with Crippen LogP contribution in [-0.2, 0) is 4.74 Å². The molecule has 1 heterocycles. The third-order valence-electron chi connectivity index (χ3n) is 3.22. The molecule has 2 nitrogen and oxygen atoms in total. The Balaban J connectivity index is 0.000000136. The van der Waals surface area contributed by atoms with Gasteiger partial charge in [-0.05, 0) is 38.6 Å². The maximum absolute atomic E-state index is 5.66. The second-order valence-corrected chi connectivity index (χ2v) is 5.05. The molecule has 0 bridgehead atoms. The van der Waals surface area contributed by atoms with E-state index < -0.39 is 0 Å². The largest absolute Gasteiger partial charge is 0.377 e. The Morgan fingerprint density at radius 1 is 1.18 bits per heavy atom. The van der Waals surface area contributed by atoms with E-state index in [-0.39, 0.29) is 0 Å². The minimum Gasteiger partial charge on any atom is -0.377 e. The normalized spacial score (nSPS) is 23.0. The van der Waals surface area contributed by atoms with Crippen LogP contribution in [0.5, 0.6) is 0 Å². The highest BCUT2D eigenvalue weighted by Gasteiger charge is 2.24. The maximum Gasteiger partial charge on any atom is 0.0711 e. The lowest BCUT2D eigenvalue weighted by atomic mass is 10.2. The van der Waals surface area contributed by atoms with Crippen molar-refractivity contribution in [3.8, 4) is 0 Å². The quantitative estimate of drug-likeness (QED) is 0.867. The van der Waals surface area contributed by atoms with Crippen molar-refractivity contribution < 1.29 is 4.74 Å². The van der Waals surface area contributed by atoms with Crippen molar-refractivity contribution in [3.63, 3.8) is 0 Å². The molecule has 1 N–H and O–H groups in total. The monoisotopic (exact) mass is 233 g/mol. The van der Waals surface area contributed by atoms with E-state index in [1.807, 2.05) is 18.2 Å². The van der Waals surface area contributed by atoms with Gasteiger partial charge in [-0.2, -0.15) is 0 Å². The van der Waals surface area contributed by atoms with Crippen LogP contribution >= 0.6 is 0 Å². The lowest BCUT2D eigenvalue weighted by Gasteiger charge is -2.08. The molecule has 2 fully saturated rings. The Kier molecular flexibility index (Phi) is 5.02. The first-order chi connectivity index (χ1) is 8.34. The van der Waals surface area contributed by atoms with Crippen LogP contribution in [0.1, 0.15) is 24.8 Å². The summed E-state index contributed by atoms with van der Waals surface area (Å²) in [6.07, 6.45) is 4.55. The zero-order chi connectivity index (χ0) is 11.9. The molecule has 0 radical (unpaired) electrons. The van der Waals surface area contributed by atoms with Gasteiger partial charge < -0.3 is 10.1 Å². The average molecular weight is 233 g/mol. The van der Waals surface area contributed by atoms with E-state index >= 15 is 0 Å². The third-order valence-corrected chi connectivity index (χ3v) is 3.22. The molecular weight excluding hydrogens is 210 g/mol. The molecule has 17 heavy (non-hydrogen) atoms. The van der Waals surface area contributed by atoms with Gasteiger partial charge in [0.05, 0.1) is 6.10 Å². The zero-order valence-corrected chi connectivity index (χ0v) is 10.7. The molecule has 1 aliphatic heterocycles. The summed E-state index contributed by atoms with van der Waals surface area (Å²) >= 11 is 0. The summed E-state index contributed by atoms with van der Waals surface area (Å²) < 4.78 is 5.66. The predicted octanol–water partition coefficient (Wildman–Crippen LogP) is 2.77. The molecule has 0 aromatic heterocycles. The Bertz CT molecular complexity index is 302. The molecule has 1 unspecified atom stereocenters. The summed E-state index contributed by atoms with van der Waals surface area (Å²) in [5.74, 6) is 0.917. The van der Waals surface area contributed by atoms with Gasteiger partial charge in [-0.1, -0.05) is 35.9 Å². The van der Waals surface area contributed by atoms with Crippen molar-refractivity contribution in [2.45, 2.75) is 32.3 Å². The van der Waals surface area contributed by atoms with E-state index in [2.05, 4.69) is 24.4 Å². The lowest BCUT2D eigenvalue weighted by molar-refractivity contribution is 0.0594. The SMILES string of the molecule is C1CC(OCC2CC2)CN1.Cc1ccccc1. The Morgan fingerprint density at radius 2 is 1.94 bits per heavy atom. The fourth-order valence-corrected chi connectivity index (χ4v) is 1.86. The molecule has 2 heteroatoms. The first-order valence-electron chi connectivity index (χ1n) is 6.68. The van der Waals surface area contributed by atoms with Crippen LogP contribution < -0.4 is 5.32 Å². The highest BCUT2D eigenvalue weighted by atomic mass is 16.5. The molecule has 1 saturated heterocycles. The van der Waals surface area contributed by atoms with E-state index in [1.54, 1.807) is 0 Å². The highest BCUT2D eigenvalue weighted by Crippen LogP contribution is 2.29. The predicted molar refractivity (Wildman–Crippen MR) is 71.1 cm³/mol. The molecule has 94 valence electrons. The molecule has 0 spiro atoms. The Labute approximate surface area is 104 Å². The highest BCUT2D eigenvalue weighted by molar-refractivity contribution is 5.11. The summed E-state index contributed by atoms with van der Waals surface area (Å²) in [7, 11) is 0. The van der Waals surface area contributed by atoms with Crippen molar-refractivity contribution >= 4 is 0 Å². The summed E-state index contributed by atoms with van der Waals surface area (Å²) in [4.78, 5) is 0. The molecule has 2 aliphatic rings. The molecule has 1 saturated carbocycles. The number of rotatable bonds is 3. The topological polar surface area (TPSA) is 21.3 Å². The van der Waals surface area contributed by atoms with Crippen molar-refractivity contribution in [2.24, 2.45) is 5.92 Å². The van der Waals surface area contributed by atoms with Gasteiger partial charge in [0.25, 0.3) is 0 Å². The van der Waals surface area contributed by atoms with Crippen LogP contribution in [0.25, 0.3) is 0 Å². The molecule has 0 amide bonds. The Morgan fingerprint density at radius 3 is 2.41 bits per heavy atom. The smallest absolute Gasteiger partial charge is 0.0711 e. The maximum atomic E-state index is 5.66. The minimum atomic E-state index is 0.528. The van der Waals surface area contributed by atoms with Gasteiger partial charge in [-0.15, -0.1) is 0 Å². The summed E-state index contributed by atoms with van der Waals surface area (Å²) in [6, 6.07) is 10.3. The van der Waals surface area contributed by atoms with Gasteiger partial charge in [-0.25, -0.2) is 0 Å². The van der Waals surface area contributed by atoms with Gasteiger partial charge in [0.2, 0.25) is 0 Å². The van der Waals surface area contributed by atoms with Gasteiger partial charge in [-0.3, -0.25) is 0 Å². The molecule has 3 rings (SSSR count). The fourth-order valence-electron chi connectivity index (χ4n) is 1.86. The van der Waals surface area contributed by atoms with E-state index in [1.165, 1.54) is 24.8 Å². The zero-order valence-electron chi connectivity index (χ0n) is 10.7. The van der Waals surface area contributed by atoms with Gasteiger partial charge in [0.15, 0.2) is 0 Å². The van der Waals surface area contributed by atoms with Gasteiger partial charge in [0.1, 0.15) is 0 Å². The van der Waals surface area contributed by atoms with Crippen molar-refractivity contribution in [1.29, 1.82) is 0 Å². The molecule has 1 atom stereocenters. The van der Waals surface area contributed by atoms with Crippen LogP contribution in [0, 0.1) is 12.8 Å². The van der Waals surface area contributed by atoms with E-state index in [0.717, 1.165) is 25.6 Å². The van der Waals surface area contributed by atoms with Crippen LogP contribution in [0.3, 0.4) is 0 Å². The molecule has 1 aromatic carbocycles. The van der Waals surface area contributed by atoms with Crippen molar-refractivity contribution in [3.05, 3.63) is 35.9 Å². The van der Waals surface area contributed by atoms with E-state index in [9.17, 15) is 0 Å². The van der Waals surface area contributed by atoms with E-state index in [0.29, 0.717) is 6.10 Å². The number of aryl methyl sites for hydroxylation is 1. The van der Waals surface area contributed by atoms with Crippen LogP contribution in [-0.4, -0.2) is 25.8 Å². The average Bonchev–Trinajstić information content (AvgIpc) is 3.04. The van der Waals surface area contributed by atoms with Crippen molar-refractivity contribution in [2.75, 3.05) is 19.7 Å². The number of benzene rings is 1. The van der Waals surface area contributed by atoms with E-state index in [4.69, 9.17) is 4.74 Å². The van der Waals surface area contributed by atoms with Crippen LogP contribution in [0.2, 0.25) is 0 Å². The third kappa shape index (κ3) is 5.33. The first-order valence-corrected chi connectivity index (χ1v) is 6.68. The number of hydrogen-bond donors (Lipinski definition) is 1. The summed E-state index contributed by atoms with van der Waals surface area (Å²) in [6.45, 7) is 5.33. The number of hydrogen-bond acceptors (Lipinski definition) is 2. The number of nitrogens with one attached hydrogen (secondary N) is 1. The van der Waals surface area contributed by atoms with Gasteiger partial charge >= 0.3 is 0 Å². The van der Waals surface area contributed by atoms with Crippen molar-refractivity contribution in [1.82, 2.24) is 5.32 Å². The first kappa shape index (κ1) is 12.6. The minimum absolute atomic E-state index is 0.528. The molecule has 1 aromatic rings. The summed E-state index contributed by atoms with van der Waals surface area (Å²) in [5, 5.41) is 3.29. The fraction of sp³-hybridized carbons (Fsp3) is 0.600.